The van der Waals surface area contributed by atoms with Gasteiger partial charge in [0.15, 0.2) is 0 Å². The van der Waals surface area contributed by atoms with Gasteiger partial charge in [-0.15, -0.1) is 0 Å². The van der Waals surface area contributed by atoms with Crippen molar-refractivity contribution in [2.45, 2.75) is 51.9 Å². The molecule has 0 spiro atoms. The smallest absolute Gasteiger partial charge is 0.0491 e. The van der Waals surface area contributed by atoms with E-state index in [1.54, 1.807) is 6.54 Å². The maximum Gasteiger partial charge on any atom is 0.0491 e. The monoisotopic (exact) mass is 218 g/mol. The molecule has 0 heterocycles. The lowest BCUT2D eigenvalue weighted by Gasteiger charge is -2.03. The maximum atomic E-state index is 5.44. The van der Waals surface area contributed by atoms with Crippen LogP contribution < -0.4 is 5.73 Å². The highest BCUT2D eigenvalue weighted by Crippen LogP contribution is 2.11. The fourth-order valence-electron chi connectivity index (χ4n) is 1.90. The first-order chi connectivity index (χ1) is 7.86. The third-order valence-electron chi connectivity index (χ3n) is 2.99. The Morgan fingerprint density at radius 3 is 2.19 bits per heavy atom. The Morgan fingerprint density at radius 1 is 0.938 bits per heavy atom. The lowest BCUT2D eigenvalue weighted by molar-refractivity contribution is 0.607. The summed E-state index contributed by atoms with van der Waals surface area (Å²) in [6.07, 6.45) is 9.40. The quantitative estimate of drug-likeness (QED) is 0.654. The second kappa shape index (κ2) is 8.35. The average molecular weight is 218 g/mol. The Balaban J connectivity index is 2.12. The van der Waals surface area contributed by atoms with Gasteiger partial charge in [0.05, 0.1) is 0 Å². The van der Waals surface area contributed by atoms with Crippen molar-refractivity contribution in [3.05, 3.63) is 41.9 Å². The molecule has 0 fully saturated rings. The minimum atomic E-state index is 1.10. The molecule has 1 rings (SSSR count). The van der Waals surface area contributed by atoms with Crippen LogP contribution >= 0.6 is 0 Å². The van der Waals surface area contributed by atoms with Gasteiger partial charge in [-0.05, 0) is 24.0 Å². The van der Waals surface area contributed by atoms with Crippen LogP contribution in [0.1, 0.15) is 56.6 Å². The minimum Gasteiger partial charge on any atom is -0.322 e. The molecule has 0 aliphatic heterocycles. The number of benzene rings is 1. The zero-order valence-electron chi connectivity index (χ0n) is 10.4. The van der Waals surface area contributed by atoms with Crippen molar-refractivity contribution in [2.24, 2.45) is 5.73 Å². The van der Waals surface area contributed by atoms with Crippen LogP contribution in [0.5, 0.6) is 0 Å². The van der Waals surface area contributed by atoms with Crippen LogP contribution in [0.15, 0.2) is 24.3 Å². The van der Waals surface area contributed by atoms with E-state index in [0.717, 1.165) is 5.56 Å². The molecular formula is C15H24N. The fourth-order valence-corrected chi connectivity index (χ4v) is 1.90. The van der Waals surface area contributed by atoms with Crippen LogP contribution in [-0.4, -0.2) is 0 Å². The van der Waals surface area contributed by atoms with Crippen molar-refractivity contribution in [2.75, 3.05) is 0 Å². The van der Waals surface area contributed by atoms with E-state index in [9.17, 15) is 0 Å². The molecule has 0 saturated carbocycles. The van der Waals surface area contributed by atoms with Crippen LogP contribution in [-0.2, 0) is 6.42 Å². The van der Waals surface area contributed by atoms with Crippen LogP contribution in [0.3, 0.4) is 0 Å². The zero-order chi connectivity index (χ0) is 11.6. The molecule has 1 radical (unpaired) electrons. The summed E-state index contributed by atoms with van der Waals surface area (Å²) in [5.74, 6) is 0. The fraction of sp³-hybridized carbons (Fsp3) is 0.533. The Bertz CT molecular complexity index is 263. The van der Waals surface area contributed by atoms with Crippen molar-refractivity contribution >= 4 is 0 Å². The Morgan fingerprint density at radius 2 is 1.56 bits per heavy atom. The number of rotatable bonds is 8. The molecule has 16 heavy (non-hydrogen) atoms. The van der Waals surface area contributed by atoms with Gasteiger partial charge in [-0.25, -0.2) is 0 Å². The first-order valence-electron chi connectivity index (χ1n) is 6.50. The number of unbranched alkanes of at least 4 members (excludes halogenated alkanes) is 5. The lowest BCUT2D eigenvalue weighted by atomic mass is 10.0. The van der Waals surface area contributed by atoms with E-state index >= 15 is 0 Å². The molecule has 0 saturated heterocycles. The molecule has 2 N–H and O–H groups in total. The average Bonchev–Trinajstić information content (AvgIpc) is 2.34. The topological polar surface area (TPSA) is 26.0 Å². The van der Waals surface area contributed by atoms with Gasteiger partial charge in [-0.2, -0.15) is 0 Å². The minimum absolute atomic E-state index is 1.10. The molecule has 0 aromatic heterocycles. The molecule has 0 atom stereocenters. The molecule has 0 aliphatic rings. The van der Waals surface area contributed by atoms with Crippen LogP contribution in [0.25, 0.3) is 0 Å². The van der Waals surface area contributed by atoms with E-state index in [2.05, 4.69) is 31.2 Å². The standard InChI is InChI=1S/C15H24N/c1-2-3-4-5-6-7-8-14-9-11-15(13-16)12-10-14/h9-13H,2-8,16H2,1H3. The van der Waals surface area contributed by atoms with Crippen molar-refractivity contribution < 1.29 is 0 Å². The second-order valence-corrected chi connectivity index (χ2v) is 4.43. The van der Waals surface area contributed by atoms with Gasteiger partial charge in [-0.1, -0.05) is 63.3 Å². The van der Waals surface area contributed by atoms with Gasteiger partial charge in [0.2, 0.25) is 0 Å². The first-order valence-corrected chi connectivity index (χ1v) is 6.50. The normalized spacial score (nSPS) is 10.6. The van der Waals surface area contributed by atoms with E-state index in [1.165, 1.54) is 50.5 Å². The van der Waals surface area contributed by atoms with E-state index in [1.807, 2.05) is 0 Å². The molecule has 0 amide bonds. The van der Waals surface area contributed by atoms with Crippen LogP contribution in [0.2, 0.25) is 0 Å². The van der Waals surface area contributed by atoms with Gasteiger partial charge in [-0.3, -0.25) is 0 Å². The van der Waals surface area contributed by atoms with Gasteiger partial charge < -0.3 is 5.73 Å². The van der Waals surface area contributed by atoms with Crippen molar-refractivity contribution in [3.8, 4) is 0 Å². The molecule has 0 unspecified atom stereocenters. The summed E-state index contributed by atoms with van der Waals surface area (Å²) >= 11 is 0. The largest absolute Gasteiger partial charge is 0.322 e. The predicted octanol–water partition coefficient (Wildman–Crippen LogP) is 4.06. The summed E-state index contributed by atoms with van der Waals surface area (Å²) in [5, 5.41) is 0. The molecule has 0 aliphatic carbocycles. The van der Waals surface area contributed by atoms with Crippen molar-refractivity contribution in [1.82, 2.24) is 0 Å². The molecule has 89 valence electrons. The van der Waals surface area contributed by atoms with Crippen molar-refractivity contribution in [1.29, 1.82) is 0 Å². The number of hydrogen-bond donors (Lipinski definition) is 1. The summed E-state index contributed by atoms with van der Waals surface area (Å²) in [5.41, 5.74) is 7.98. The molecule has 1 heteroatoms. The molecule has 0 bridgehead atoms. The third kappa shape index (κ3) is 5.32. The number of aryl methyl sites for hydroxylation is 1. The second-order valence-electron chi connectivity index (χ2n) is 4.43. The third-order valence-corrected chi connectivity index (χ3v) is 2.99. The van der Waals surface area contributed by atoms with Crippen LogP contribution in [0.4, 0.5) is 0 Å². The molecule has 1 nitrogen and oxygen atoms in total. The summed E-state index contributed by atoms with van der Waals surface area (Å²) < 4.78 is 0. The molecular weight excluding hydrogens is 194 g/mol. The number of nitrogens with two attached hydrogens (primary N) is 1. The molecule has 1 aromatic carbocycles. The van der Waals surface area contributed by atoms with E-state index in [0.29, 0.717) is 0 Å². The Kier molecular flexibility index (Phi) is 6.91. The molecule has 1 aromatic rings. The summed E-state index contributed by atoms with van der Waals surface area (Å²) in [7, 11) is 0. The van der Waals surface area contributed by atoms with Gasteiger partial charge in [0.25, 0.3) is 0 Å². The van der Waals surface area contributed by atoms with Gasteiger partial charge >= 0.3 is 0 Å². The summed E-state index contributed by atoms with van der Waals surface area (Å²) in [4.78, 5) is 0. The maximum absolute atomic E-state index is 5.44. The van der Waals surface area contributed by atoms with Crippen LogP contribution in [0, 0.1) is 6.54 Å². The highest BCUT2D eigenvalue weighted by Gasteiger charge is 1.95. The summed E-state index contributed by atoms with van der Waals surface area (Å²) in [6.45, 7) is 3.91. The van der Waals surface area contributed by atoms with E-state index < -0.39 is 0 Å². The first kappa shape index (κ1) is 13.2. The zero-order valence-corrected chi connectivity index (χ0v) is 10.4. The van der Waals surface area contributed by atoms with Crippen molar-refractivity contribution in [3.63, 3.8) is 0 Å². The van der Waals surface area contributed by atoms with Gasteiger partial charge in [0, 0.05) is 6.54 Å². The number of hydrogen-bond acceptors (Lipinski definition) is 1. The highest BCUT2D eigenvalue weighted by atomic mass is 14.5. The van der Waals surface area contributed by atoms with E-state index in [4.69, 9.17) is 5.73 Å². The van der Waals surface area contributed by atoms with Gasteiger partial charge in [0.1, 0.15) is 0 Å². The predicted molar refractivity (Wildman–Crippen MR) is 71.1 cm³/mol. The Labute approximate surface area is 100 Å². The summed E-state index contributed by atoms with van der Waals surface area (Å²) in [6, 6.07) is 8.55. The Hall–Kier alpha value is -0.820. The van der Waals surface area contributed by atoms with E-state index in [-0.39, 0.29) is 0 Å². The SMILES string of the molecule is CCCCCCCCc1ccc([CH]N)cc1. The lowest BCUT2D eigenvalue weighted by Crippen LogP contribution is -1.93. The highest BCUT2D eigenvalue weighted by molar-refractivity contribution is 5.26.